The first kappa shape index (κ1) is 32.1. The molecule has 0 radical (unpaired) electrons. The van der Waals surface area contributed by atoms with Crippen molar-refractivity contribution in [3.05, 3.63) is 154 Å². The van der Waals surface area contributed by atoms with Crippen LogP contribution in [0, 0.1) is 20.8 Å². The summed E-state index contributed by atoms with van der Waals surface area (Å²) in [7, 11) is 0. The molecule has 5 aromatic carbocycles. The van der Waals surface area contributed by atoms with Crippen molar-refractivity contribution in [2.45, 2.75) is 58.8 Å². The third kappa shape index (κ3) is 7.61. The molecule has 6 heteroatoms. The van der Waals surface area contributed by atoms with Crippen molar-refractivity contribution in [1.82, 2.24) is 5.32 Å². The molecule has 0 fully saturated rings. The summed E-state index contributed by atoms with van der Waals surface area (Å²) < 4.78 is 19.4. The second-order valence-corrected chi connectivity index (χ2v) is 12.9. The Labute approximate surface area is 283 Å². The average molecular weight is 643 g/mol. The highest BCUT2D eigenvalue weighted by atomic mass is 32.1. The van der Waals surface area contributed by atoms with Gasteiger partial charge in [-0.25, -0.2) is 0 Å². The smallest absolute Gasteiger partial charge is 0.171 e. The van der Waals surface area contributed by atoms with Gasteiger partial charge in [0, 0.05) is 11.3 Å². The van der Waals surface area contributed by atoms with Crippen molar-refractivity contribution in [2.75, 3.05) is 11.9 Å². The minimum Gasteiger partial charge on any atom is -0.489 e. The van der Waals surface area contributed by atoms with Gasteiger partial charge in [0.1, 0.15) is 36.1 Å². The predicted molar refractivity (Wildman–Crippen MR) is 195 cm³/mol. The Morgan fingerprint density at radius 1 is 0.766 bits per heavy atom. The maximum atomic E-state index is 6.72. The summed E-state index contributed by atoms with van der Waals surface area (Å²) in [6, 6.07) is 38.8. The lowest BCUT2D eigenvalue weighted by Crippen LogP contribution is -2.42. The third-order valence-electron chi connectivity index (χ3n) is 8.99. The predicted octanol–water partition coefficient (Wildman–Crippen LogP) is 9.43. The van der Waals surface area contributed by atoms with Gasteiger partial charge in [0.05, 0.1) is 6.04 Å². The molecule has 1 heterocycles. The van der Waals surface area contributed by atoms with Gasteiger partial charge >= 0.3 is 0 Å². The largest absolute Gasteiger partial charge is 0.489 e. The minimum atomic E-state index is -0.449. The lowest BCUT2D eigenvalue weighted by Gasteiger charge is -2.38. The fourth-order valence-corrected chi connectivity index (χ4v) is 6.38. The van der Waals surface area contributed by atoms with Crippen molar-refractivity contribution in [3.8, 4) is 17.2 Å². The Hall–Kier alpha value is -4.81. The number of fused-ring (bicyclic) bond motifs is 1. The maximum absolute atomic E-state index is 6.72. The second-order valence-electron chi connectivity index (χ2n) is 12.5. The van der Waals surface area contributed by atoms with Gasteiger partial charge in [0.25, 0.3) is 0 Å². The molecular formula is C41H42N2O3S. The quantitative estimate of drug-likeness (QED) is 0.148. The van der Waals surface area contributed by atoms with E-state index in [2.05, 4.69) is 74.7 Å². The van der Waals surface area contributed by atoms with Gasteiger partial charge < -0.3 is 24.8 Å². The summed E-state index contributed by atoms with van der Waals surface area (Å²) in [6.07, 6.45) is 1.76. The molecule has 0 saturated heterocycles. The first-order valence-corrected chi connectivity index (χ1v) is 16.6. The van der Waals surface area contributed by atoms with Crippen LogP contribution in [-0.4, -0.2) is 17.3 Å². The van der Waals surface area contributed by atoms with E-state index in [-0.39, 0.29) is 6.04 Å². The van der Waals surface area contributed by atoms with E-state index in [4.69, 9.17) is 26.4 Å². The van der Waals surface area contributed by atoms with Crippen LogP contribution in [0.5, 0.6) is 17.2 Å². The normalized spacial score (nSPS) is 15.3. The van der Waals surface area contributed by atoms with Crippen molar-refractivity contribution >= 4 is 23.0 Å². The fraction of sp³-hybridized carbons (Fsp3) is 0.244. The summed E-state index contributed by atoms with van der Waals surface area (Å²) in [4.78, 5) is 0. The Morgan fingerprint density at radius 2 is 1.36 bits per heavy atom. The molecular weight excluding hydrogens is 601 g/mol. The molecule has 0 spiro atoms. The summed E-state index contributed by atoms with van der Waals surface area (Å²) in [6.45, 7) is 9.52. The zero-order valence-corrected chi connectivity index (χ0v) is 28.3. The fourth-order valence-electron chi connectivity index (χ4n) is 6.15. The number of anilines is 1. The van der Waals surface area contributed by atoms with Gasteiger partial charge in [-0.15, -0.1) is 0 Å². The maximum Gasteiger partial charge on any atom is 0.171 e. The van der Waals surface area contributed by atoms with E-state index in [1.54, 1.807) is 0 Å². The summed E-state index contributed by atoms with van der Waals surface area (Å²) in [5, 5.41) is 7.37. The number of ether oxygens (including phenoxy) is 3. The van der Waals surface area contributed by atoms with Crippen LogP contribution >= 0.6 is 12.2 Å². The van der Waals surface area contributed by atoms with Gasteiger partial charge in [-0.2, -0.15) is 0 Å². The van der Waals surface area contributed by atoms with Gasteiger partial charge in [-0.05, 0) is 110 Å². The number of hydrogen-bond acceptors (Lipinski definition) is 4. The van der Waals surface area contributed by atoms with Gasteiger partial charge in [0.2, 0.25) is 0 Å². The van der Waals surface area contributed by atoms with E-state index in [9.17, 15) is 0 Å². The van der Waals surface area contributed by atoms with Crippen LogP contribution in [0.1, 0.15) is 58.3 Å². The van der Waals surface area contributed by atoms with Crippen molar-refractivity contribution < 1.29 is 14.2 Å². The molecule has 6 rings (SSSR count). The molecule has 1 aliphatic heterocycles. The molecule has 2 N–H and O–H groups in total. The van der Waals surface area contributed by atoms with E-state index >= 15 is 0 Å². The third-order valence-corrected chi connectivity index (χ3v) is 9.21. The minimum absolute atomic E-state index is 0.0639. The summed E-state index contributed by atoms with van der Waals surface area (Å²) in [5.74, 6) is 2.71. The van der Waals surface area contributed by atoms with Crippen molar-refractivity contribution in [1.29, 1.82) is 0 Å². The van der Waals surface area contributed by atoms with E-state index in [0.717, 1.165) is 69.2 Å². The zero-order valence-electron chi connectivity index (χ0n) is 27.5. The zero-order chi connectivity index (χ0) is 32.8. The average Bonchev–Trinajstić information content (AvgIpc) is 3.10. The van der Waals surface area contributed by atoms with Gasteiger partial charge in [-0.3, -0.25) is 0 Å². The topological polar surface area (TPSA) is 51.8 Å². The van der Waals surface area contributed by atoms with E-state index < -0.39 is 5.60 Å². The van der Waals surface area contributed by atoms with Gasteiger partial charge in [-0.1, -0.05) is 91.0 Å². The molecule has 0 saturated carbocycles. The molecule has 47 heavy (non-hydrogen) atoms. The molecule has 1 unspecified atom stereocenters. The van der Waals surface area contributed by atoms with Crippen LogP contribution < -0.4 is 24.8 Å². The lowest BCUT2D eigenvalue weighted by atomic mass is 9.87. The van der Waals surface area contributed by atoms with Crippen LogP contribution in [0.3, 0.4) is 0 Å². The number of hydrogen-bond donors (Lipinski definition) is 2. The molecule has 1 aliphatic rings. The molecule has 0 aliphatic carbocycles. The van der Waals surface area contributed by atoms with Crippen molar-refractivity contribution in [2.24, 2.45) is 0 Å². The van der Waals surface area contributed by atoms with Crippen LogP contribution in [0.4, 0.5) is 5.69 Å². The van der Waals surface area contributed by atoms with Crippen LogP contribution in [0.15, 0.2) is 115 Å². The highest BCUT2D eigenvalue weighted by Gasteiger charge is 2.35. The molecule has 0 amide bonds. The van der Waals surface area contributed by atoms with Crippen LogP contribution in [0.25, 0.3) is 0 Å². The number of thiocarbonyl (C=S) groups is 1. The molecule has 5 aromatic rings. The highest BCUT2D eigenvalue weighted by molar-refractivity contribution is 7.80. The monoisotopic (exact) mass is 642 g/mol. The Balaban J connectivity index is 1.07. The van der Waals surface area contributed by atoms with E-state index in [1.165, 1.54) is 5.56 Å². The molecule has 240 valence electrons. The van der Waals surface area contributed by atoms with E-state index in [0.29, 0.717) is 18.3 Å². The number of nitrogens with one attached hydrogen (secondary N) is 2. The Kier molecular flexibility index (Phi) is 9.79. The standard InChI is InChI=1S/C41H42N2O3S/c1-28-29(2)39-36(30(3)38(28)44-26-31-14-8-5-9-15-31)24-25-41(4,46-39)27-45-35-22-20-34(21-23-35)42-40(47)43-37(32-16-10-6-11-17-32)33-18-12-7-13-19-33/h5-23,37H,24-27H2,1-4H3,(H2,42,43,47). The van der Waals surface area contributed by atoms with E-state index in [1.807, 2.05) is 78.9 Å². The first-order chi connectivity index (χ1) is 22.8. The lowest BCUT2D eigenvalue weighted by molar-refractivity contribution is 0.0166. The van der Waals surface area contributed by atoms with Crippen molar-refractivity contribution in [3.63, 3.8) is 0 Å². The van der Waals surface area contributed by atoms with Crippen LogP contribution in [-0.2, 0) is 13.0 Å². The Bertz CT molecular complexity index is 1770. The van der Waals surface area contributed by atoms with Crippen LogP contribution in [0.2, 0.25) is 0 Å². The summed E-state index contributed by atoms with van der Waals surface area (Å²) >= 11 is 5.72. The molecule has 5 nitrogen and oxygen atoms in total. The first-order valence-electron chi connectivity index (χ1n) is 16.2. The second kappa shape index (κ2) is 14.3. The number of benzene rings is 5. The van der Waals surface area contributed by atoms with Gasteiger partial charge in [0.15, 0.2) is 5.11 Å². The Morgan fingerprint density at radius 3 is 1.98 bits per heavy atom. The highest BCUT2D eigenvalue weighted by Crippen LogP contribution is 2.44. The summed E-state index contributed by atoms with van der Waals surface area (Å²) in [5.41, 5.74) is 8.52. The molecule has 0 aromatic heterocycles. The molecule has 0 bridgehead atoms. The number of rotatable bonds is 10. The SMILES string of the molecule is Cc1c(C)c2c(c(C)c1OCc1ccccc1)CCC(C)(COc1ccc(NC(=S)NC(c3ccccc3)c3ccccc3)cc1)O2. The molecule has 1 atom stereocenters.